The van der Waals surface area contributed by atoms with E-state index in [1.807, 2.05) is 0 Å². The minimum atomic E-state index is -0.623. The van der Waals surface area contributed by atoms with Gasteiger partial charge in [0.15, 0.2) is 0 Å². The first kappa shape index (κ1) is 15.6. The van der Waals surface area contributed by atoms with Crippen LogP contribution in [0.3, 0.4) is 0 Å². The summed E-state index contributed by atoms with van der Waals surface area (Å²) in [6.07, 6.45) is 0. The summed E-state index contributed by atoms with van der Waals surface area (Å²) >= 11 is 0. The lowest BCUT2D eigenvalue weighted by Crippen LogP contribution is -1.91. The molecule has 1 aromatic heterocycles. The van der Waals surface area contributed by atoms with Gasteiger partial charge in [0.05, 0.1) is 23.3 Å². The molecule has 0 bridgehead atoms. The molecule has 10 rings (SSSR count). The normalized spacial score (nSPS) is 16.5. The number of rotatable bonds is 4. The first-order chi connectivity index (χ1) is 31.4. The average Bonchev–Trinajstić information content (AvgIpc) is 3.72. The smallest absolute Gasteiger partial charge is 0.136 e. The standard InChI is InChI=1S/C48H30O/c1-2-11-31(12-3-1)32-21-23-33(24-22-32)34-25-27-35(28-26-34)46-38-15-6-8-17-40(38)47(41-18-9-7-16-39(41)46)42-19-10-20-44-48(42)43-29-36-13-4-5-14-37(36)30-45(43)49-44/h1-30H/i4D,5D,10D,13D,14D,19D,20D,21D,22D,23D,24D,25D,26D,27D,28D,29D,30D. The fourth-order valence-corrected chi connectivity index (χ4v) is 6.52. The van der Waals surface area contributed by atoms with Crippen molar-refractivity contribution in [2.75, 3.05) is 0 Å². The molecule has 0 spiro atoms. The average molecular weight is 640 g/mol. The van der Waals surface area contributed by atoms with E-state index in [9.17, 15) is 8.22 Å². The van der Waals surface area contributed by atoms with E-state index in [0.29, 0.717) is 32.7 Å². The Morgan fingerprint density at radius 2 is 0.878 bits per heavy atom. The van der Waals surface area contributed by atoms with E-state index < -0.39 is 114 Å². The van der Waals surface area contributed by atoms with Crippen molar-refractivity contribution in [3.8, 4) is 44.5 Å². The van der Waals surface area contributed by atoms with E-state index in [2.05, 4.69) is 0 Å². The number of furan rings is 1. The number of benzene rings is 9. The van der Waals surface area contributed by atoms with Gasteiger partial charge in [-0.05, 0) is 95.0 Å². The number of hydrogen-bond acceptors (Lipinski definition) is 1. The first-order valence-corrected chi connectivity index (χ1v) is 15.5. The molecule has 0 aliphatic carbocycles. The minimum Gasteiger partial charge on any atom is -0.456 e. The largest absolute Gasteiger partial charge is 0.456 e. The zero-order chi connectivity index (χ0) is 47.1. The molecule has 1 nitrogen and oxygen atoms in total. The zero-order valence-corrected chi connectivity index (χ0v) is 25.4. The first-order valence-electron chi connectivity index (χ1n) is 24.0. The SMILES string of the molecule is [2H]c1c([2H])c(-c2c([2H])c([2H])c(-c3c4ccccc4c(-c4c([2H])c([2H])c([2H])c5oc6c([2H])c7c([2H])c([2H])c([2H])c([2H])c7c([2H])c6c45)c4ccccc34)c([2H])c2[2H])c([2H])c([2H])c1-c1ccccc1. The van der Waals surface area contributed by atoms with Crippen LogP contribution in [0.5, 0.6) is 0 Å². The molecule has 0 radical (unpaired) electrons. The molecule has 0 fully saturated rings. The van der Waals surface area contributed by atoms with Crippen LogP contribution in [-0.4, -0.2) is 0 Å². The van der Waals surface area contributed by atoms with Crippen molar-refractivity contribution in [3.63, 3.8) is 0 Å². The van der Waals surface area contributed by atoms with Crippen LogP contribution in [0.4, 0.5) is 0 Å². The third kappa shape index (κ3) is 4.47. The van der Waals surface area contributed by atoms with Crippen LogP contribution in [0.15, 0.2) is 186 Å². The number of hydrogen-bond donors (Lipinski definition) is 0. The van der Waals surface area contributed by atoms with Gasteiger partial charge in [-0.1, -0.05) is 163 Å². The van der Waals surface area contributed by atoms with Crippen LogP contribution < -0.4 is 0 Å². The van der Waals surface area contributed by atoms with Crippen LogP contribution in [0.2, 0.25) is 0 Å². The molecule has 9 aromatic carbocycles. The van der Waals surface area contributed by atoms with Crippen LogP contribution in [0.25, 0.3) is 98.8 Å². The lowest BCUT2D eigenvalue weighted by atomic mass is 9.84. The molecule has 228 valence electrons. The molecule has 1 heteroatoms. The maximum atomic E-state index is 9.50. The molecular formula is C48H30O. The van der Waals surface area contributed by atoms with Gasteiger partial charge in [0, 0.05) is 10.8 Å². The Hall–Kier alpha value is -6.44. The Morgan fingerprint density at radius 1 is 0.367 bits per heavy atom. The summed E-state index contributed by atoms with van der Waals surface area (Å²) in [4.78, 5) is 0. The molecule has 49 heavy (non-hydrogen) atoms. The topological polar surface area (TPSA) is 13.1 Å². The van der Waals surface area contributed by atoms with Crippen molar-refractivity contribution in [2.45, 2.75) is 0 Å². The van der Waals surface area contributed by atoms with Crippen LogP contribution in [-0.2, 0) is 0 Å². The molecule has 0 N–H and O–H groups in total. The molecular weight excluding hydrogens is 593 g/mol. The van der Waals surface area contributed by atoms with Crippen molar-refractivity contribution in [1.82, 2.24) is 0 Å². The van der Waals surface area contributed by atoms with E-state index in [1.165, 1.54) is 0 Å². The molecule has 0 aliphatic heterocycles. The highest BCUT2D eigenvalue weighted by Gasteiger charge is 2.20. The Kier molecular flexibility index (Phi) is 3.54. The van der Waals surface area contributed by atoms with E-state index in [1.54, 1.807) is 78.9 Å². The summed E-state index contributed by atoms with van der Waals surface area (Å²) in [5.41, 5.74) is -0.501. The monoisotopic (exact) mass is 639 g/mol. The summed E-state index contributed by atoms with van der Waals surface area (Å²) in [6.45, 7) is 0. The van der Waals surface area contributed by atoms with Gasteiger partial charge >= 0.3 is 0 Å². The van der Waals surface area contributed by atoms with Gasteiger partial charge < -0.3 is 4.42 Å². The maximum Gasteiger partial charge on any atom is 0.136 e. The second-order valence-electron chi connectivity index (χ2n) is 11.5. The molecule has 1 heterocycles. The van der Waals surface area contributed by atoms with Crippen LogP contribution in [0.1, 0.15) is 23.3 Å². The quantitative estimate of drug-likeness (QED) is 0.175. The van der Waals surface area contributed by atoms with Crippen LogP contribution in [0, 0.1) is 0 Å². The van der Waals surface area contributed by atoms with Crippen molar-refractivity contribution in [3.05, 3.63) is 182 Å². The number of fused-ring (bicyclic) bond motifs is 6. The maximum absolute atomic E-state index is 9.50. The lowest BCUT2D eigenvalue weighted by molar-refractivity contribution is 0.669. The Morgan fingerprint density at radius 3 is 1.49 bits per heavy atom. The highest BCUT2D eigenvalue weighted by atomic mass is 16.3. The van der Waals surface area contributed by atoms with Crippen molar-refractivity contribution >= 4 is 54.3 Å². The van der Waals surface area contributed by atoms with Crippen molar-refractivity contribution in [2.24, 2.45) is 0 Å². The van der Waals surface area contributed by atoms with Gasteiger partial charge in [-0.15, -0.1) is 0 Å². The minimum absolute atomic E-state index is 0.00832. The summed E-state index contributed by atoms with van der Waals surface area (Å²) in [7, 11) is 0. The van der Waals surface area contributed by atoms with Gasteiger partial charge in [-0.3, -0.25) is 0 Å². The zero-order valence-electron chi connectivity index (χ0n) is 42.4. The van der Waals surface area contributed by atoms with E-state index in [4.69, 9.17) is 19.5 Å². The third-order valence-electron chi connectivity index (χ3n) is 8.69. The summed E-state index contributed by atoms with van der Waals surface area (Å²) in [5, 5.41) is 0.833. The van der Waals surface area contributed by atoms with Gasteiger partial charge in [0.2, 0.25) is 0 Å². The van der Waals surface area contributed by atoms with Gasteiger partial charge in [-0.2, -0.15) is 0 Å². The fraction of sp³-hybridized carbons (Fsp3) is 0. The van der Waals surface area contributed by atoms with E-state index >= 15 is 0 Å². The van der Waals surface area contributed by atoms with Gasteiger partial charge in [0.1, 0.15) is 11.2 Å². The predicted octanol–water partition coefficient (Wildman–Crippen LogP) is 13.7. The lowest BCUT2D eigenvalue weighted by Gasteiger charge is -2.18. The molecule has 0 saturated heterocycles. The highest BCUT2D eigenvalue weighted by Crippen LogP contribution is 2.47. The summed E-state index contributed by atoms with van der Waals surface area (Å²) in [6, 6.07) is 12.9. The summed E-state index contributed by atoms with van der Waals surface area (Å²) < 4.78 is 160. The van der Waals surface area contributed by atoms with Gasteiger partial charge in [0.25, 0.3) is 0 Å². The highest BCUT2D eigenvalue weighted by molar-refractivity contribution is 6.26. The molecule has 0 amide bonds. The molecule has 0 unspecified atom stereocenters. The Labute approximate surface area is 308 Å². The second-order valence-corrected chi connectivity index (χ2v) is 11.5. The molecule has 10 aromatic rings. The molecule has 0 atom stereocenters. The predicted molar refractivity (Wildman–Crippen MR) is 208 cm³/mol. The van der Waals surface area contributed by atoms with Crippen molar-refractivity contribution in [1.29, 1.82) is 0 Å². The fourth-order valence-electron chi connectivity index (χ4n) is 6.52. The third-order valence-corrected chi connectivity index (χ3v) is 8.69. The Balaban J connectivity index is 1.32. The van der Waals surface area contributed by atoms with E-state index in [0.717, 1.165) is 0 Å². The molecule has 0 saturated carbocycles. The molecule has 0 aliphatic rings. The van der Waals surface area contributed by atoms with Gasteiger partial charge in [-0.25, -0.2) is 0 Å². The van der Waals surface area contributed by atoms with Crippen LogP contribution >= 0.6 is 0 Å². The Bertz CT molecular complexity index is 3730. The van der Waals surface area contributed by atoms with E-state index in [-0.39, 0.29) is 55.0 Å². The second kappa shape index (κ2) is 11.1. The summed E-state index contributed by atoms with van der Waals surface area (Å²) in [5.74, 6) is 0. The van der Waals surface area contributed by atoms with Crippen molar-refractivity contribution < 1.29 is 27.7 Å².